The summed E-state index contributed by atoms with van der Waals surface area (Å²) in [5, 5.41) is 9.50. The zero-order chi connectivity index (χ0) is 18.1. The first-order valence-corrected chi connectivity index (χ1v) is 8.65. The van der Waals surface area contributed by atoms with Gasteiger partial charge in [0.25, 0.3) is 5.91 Å². The van der Waals surface area contributed by atoms with Crippen LogP contribution in [0.5, 0.6) is 0 Å². The Labute approximate surface area is 151 Å². The number of aromatic amines is 1. The van der Waals surface area contributed by atoms with Crippen molar-refractivity contribution in [3.8, 4) is 0 Å². The molecule has 1 aliphatic carbocycles. The van der Waals surface area contributed by atoms with Crippen LogP contribution < -0.4 is 16.0 Å². The molecule has 0 aliphatic heterocycles. The van der Waals surface area contributed by atoms with Crippen LogP contribution in [-0.4, -0.2) is 23.0 Å². The van der Waals surface area contributed by atoms with Crippen LogP contribution in [0.15, 0.2) is 48.5 Å². The van der Waals surface area contributed by atoms with E-state index in [0.717, 1.165) is 29.3 Å². The molecule has 0 saturated heterocycles. The number of nitrogens with one attached hydrogen (secondary N) is 4. The molecular weight excluding hydrogens is 328 g/mol. The molecule has 6 heteroatoms. The molecule has 3 aromatic rings. The summed E-state index contributed by atoms with van der Waals surface area (Å²) in [7, 11) is 0. The number of hydrogen-bond acceptors (Lipinski definition) is 2. The molecule has 0 bridgehead atoms. The third-order valence-electron chi connectivity index (χ3n) is 4.34. The molecule has 6 nitrogen and oxygen atoms in total. The Morgan fingerprint density at radius 2 is 1.65 bits per heavy atom. The third kappa shape index (κ3) is 3.69. The number of fused-ring (bicyclic) bond motifs is 1. The first kappa shape index (κ1) is 16.2. The van der Waals surface area contributed by atoms with E-state index in [-0.39, 0.29) is 11.9 Å². The van der Waals surface area contributed by atoms with Crippen LogP contribution in [0.3, 0.4) is 0 Å². The van der Waals surface area contributed by atoms with Gasteiger partial charge in [0.1, 0.15) is 5.69 Å². The van der Waals surface area contributed by atoms with E-state index in [1.165, 1.54) is 0 Å². The number of amides is 3. The van der Waals surface area contributed by atoms with Gasteiger partial charge in [-0.25, -0.2) is 4.79 Å². The molecule has 0 unspecified atom stereocenters. The van der Waals surface area contributed by atoms with Gasteiger partial charge in [-0.1, -0.05) is 12.1 Å². The average molecular weight is 348 g/mol. The SMILES string of the molecule is Cc1ccc2cc(C(=O)Nc3ccc(NC(=O)NC4CC4)cc3)[nH]c2c1. The number of anilines is 2. The highest BCUT2D eigenvalue weighted by atomic mass is 16.2. The highest BCUT2D eigenvalue weighted by Gasteiger charge is 2.23. The summed E-state index contributed by atoms with van der Waals surface area (Å²) >= 11 is 0. The summed E-state index contributed by atoms with van der Waals surface area (Å²) < 4.78 is 0. The van der Waals surface area contributed by atoms with E-state index in [0.29, 0.717) is 23.1 Å². The van der Waals surface area contributed by atoms with Crippen LogP contribution in [0.4, 0.5) is 16.2 Å². The number of carbonyl (C=O) groups is 2. The van der Waals surface area contributed by atoms with Gasteiger partial charge in [-0.3, -0.25) is 4.79 Å². The Hall–Kier alpha value is -3.28. The number of rotatable bonds is 4. The van der Waals surface area contributed by atoms with E-state index in [1.807, 2.05) is 31.2 Å². The number of carbonyl (C=O) groups excluding carboxylic acids is 2. The van der Waals surface area contributed by atoms with Crippen molar-refractivity contribution in [2.45, 2.75) is 25.8 Å². The van der Waals surface area contributed by atoms with Gasteiger partial charge in [0.2, 0.25) is 0 Å². The van der Waals surface area contributed by atoms with Gasteiger partial charge < -0.3 is 20.9 Å². The molecule has 2 aromatic carbocycles. The highest BCUT2D eigenvalue weighted by Crippen LogP contribution is 2.20. The molecular formula is C20H20N4O2. The second-order valence-corrected chi connectivity index (χ2v) is 6.68. The Morgan fingerprint density at radius 1 is 0.962 bits per heavy atom. The van der Waals surface area contributed by atoms with Crippen LogP contribution in [0, 0.1) is 6.92 Å². The quantitative estimate of drug-likeness (QED) is 0.574. The van der Waals surface area contributed by atoms with E-state index in [2.05, 4.69) is 20.9 Å². The lowest BCUT2D eigenvalue weighted by Crippen LogP contribution is -2.30. The molecule has 0 spiro atoms. The molecule has 1 aromatic heterocycles. The van der Waals surface area contributed by atoms with Crippen LogP contribution in [-0.2, 0) is 0 Å². The number of H-pyrrole nitrogens is 1. The third-order valence-corrected chi connectivity index (χ3v) is 4.34. The van der Waals surface area contributed by atoms with Crippen LogP contribution >= 0.6 is 0 Å². The van der Waals surface area contributed by atoms with Gasteiger partial charge in [0.15, 0.2) is 0 Å². The number of benzene rings is 2. The van der Waals surface area contributed by atoms with Gasteiger partial charge in [-0.15, -0.1) is 0 Å². The van der Waals surface area contributed by atoms with Crippen molar-refractivity contribution in [3.05, 3.63) is 59.8 Å². The Bertz CT molecular complexity index is 971. The Kier molecular flexibility index (Phi) is 4.08. The predicted molar refractivity (Wildman–Crippen MR) is 103 cm³/mol. The van der Waals surface area contributed by atoms with Crippen molar-refractivity contribution >= 4 is 34.2 Å². The highest BCUT2D eigenvalue weighted by molar-refractivity contribution is 6.06. The first-order valence-electron chi connectivity index (χ1n) is 8.65. The van der Waals surface area contributed by atoms with Crippen molar-refractivity contribution < 1.29 is 9.59 Å². The molecule has 132 valence electrons. The summed E-state index contributed by atoms with van der Waals surface area (Å²) in [5.74, 6) is -0.203. The first-order chi connectivity index (χ1) is 12.6. The summed E-state index contributed by atoms with van der Waals surface area (Å²) in [6.45, 7) is 2.01. The molecule has 4 N–H and O–H groups in total. The number of aromatic nitrogens is 1. The van der Waals surface area contributed by atoms with Crippen LogP contribution in [0.1, 0.15) is 28.9 Å². The maximum Gasteiger partial charge on any atom is 0.319 e. The molecule has 3 amide bonds. The van der Waals surface area contributed by atoms with Gasteiger partial charge in [0.05, 0.1) is 0 Å². The number of urea groups is 1. The van der Waals surface area contributed by atoms with Gasteiger partial charge in [-0.05, 0) is 61.7 Å². The lowest BCUT2D eigenvalue weighted by atomic mass is 10.2. The summed E-state index contributed by atoms with van der Waals surface area (Å²) in [5.41, 5.74) is 3.94. The monoisotopic (exact) mass is 348 g/mol. The fraction of sp³-hybridized carbons (Fsp3) is 0.200. The number of aryl methyl sites for hydroxylation is 1. The average Bonchev–Trinajstić information content (AvgIpc) is 3.31. The largest absolute Gasteiger partial charge is 0.351 e. The van der Waals surface area contributed by atoms with Gasteiger partial charge >= 0.3 is 6.03 Å². The topological polar surface area (TPSA) is 86.0 Å². The number of hydrogen-bond donors (Lipinski definition) is 4. The minimum atomic E-state index is -0.203. The van der Waals surface area contributed by atoms with Crippen molar-refractivity contribution in [1.82, 2.24) is 10.3 Å². The lowest BCUT2D eigenvalue weighted by Gasteiger charge is -2.08. The molecule has 4 rings (SSSR count). The van der Waals surface area contributed by atoms with E-state index in [9.17, 15) is 9.59 Å². The second kappa shape index (κ2) is 6.55. The minimum Gasteiger partial charge on any atom is -0.351 e. The van der Waals surface area contributed by atoms with E-state index >= 15 is 0 Å². The van der Waals surface area contributed by atoms with Crippen molar-refractivity contribution in [2.24, 2.45) is 0 Å². The second-order valence-electron chi connectivity index (χ2n) is 6.68. The van der Waals surface area contributed by atoms with E-state index < -0.39 is 0 Å². The molecule has 0 radical (unpaired) electrons. The van der Waals surface area contributed by atoms with Crippen molar-refractivity contribution in [2.75, 3.05) is 10.6 Å². The molecule has 1 aliphatic rings. The summed E-state index contributed by atoms with van der Waals surface area (Å²) in [6, 6.07) is 15.0. The Balaban J connectivity index is 1.40. The molecule has 0 atom stereocenters. The van der Waals surface area contributed by atoms with Crippen molar-refractivity contribution in [3.63, 3.8) is 0 Å². The van der Waals surface area contributed by atoms with Gasteiger partial charge in [-0.2, -0.15) is 0 Å². The zero-order valence-electron chi connectivity index (χ0n) is 14.4. The lowest BCUT2D eigenvalue weighted by molar-refractivity contribution is 0.102. The van der Waals surface area contributed by atoms with Crippen LogP contribution in [0.25, 0.3) is 10.9 Å². The van der Waals surface area contributed by atoms with Crippen LogP contribution in [0.2, 0.25) is 0 Å². The van der Waals surface area contributed by atoms with Crippen molar-refractivity contribution in [1.29, 1.82) is 0 Å². The molecule has 1 fully saturated rings. The minimum absolute atomic E-state index is 0.197. The van der Waals surface area contributed by atoms with E-state index in [4.69, 9.17) is 0 Å². The summed E-state index contributed by atoms with van der Waals surface area (Å²) in [6.07, 6.45) is 2.09. The smallest absolute Gasteiger partial charge is 0.319 e. The van der Waals surface area contributed by atoms with Gasteiger partial charge in [0, 0.05) is 28.3 Å². The maximum atomic E-state index is 12.4. The fourth-order valence-corrected chi connectivity index (χ4v) is 2.78. The molecule has 1 heterocycles. The standard InChI is InChI=1S/C20H20N4O2/c1-12-2-3-13-11-18(24-17(13)10-12)19(25)21-14-4-6-15(7-5-14)22-20(26)23-16-8-9-16/h2-7,10-11,16,24H,8-9H2,1H3,(H,21,25)(H2,22,23,26). The fourth-order valence-electron chi connectivity index (χ4n) is 2.78. The predicted octanol–water partition coefficient (Wildman–Crippen LogP) is 4.01. The molecule has 26 heavy (non-hydrogen) atoms. The summed E-state index contributed by atoms with van der Waals surface area (Å²) in [4.78, 5) is 27.3. The zero-order valence-corrected chi connectivity index (χ0v) is 14.4. The molecule has 1 saturated carbocycles. The van der Waals surface area contributed by atoms with E-state index in [1.54, 1.807) is 24.3 Å². The Morgan fingerprint density at radius 3 is 2.35 bits per heavy atom. The normalized spacial score (nSPS) is 13.4. The maximum absolute atomic E-state index is 12.4.